The smallest absolute Gasteiger partial charge is 0.231 e. The van der Waals surface area contributed by atoms with Crippen LogP contribution in [-0.2, 0) is 6.54 Å². The van der Waals surface area contributed by atoms with Crippen molar-refractivity contribution < 1.29 is 9.47 Å². The molecule has 24 heavy (non-hydrogen) atoms. The lowest BCUT2D eigenvalue weighted by Gasteiger charge is -2.14. The number of aromatic nitrogens is 1. The summed E-state index contributed by atoms with van der Waals surface area (Å²) in [4.78, 5) is 16.1. The highest BCUT2D eigenvalue weighted by Crippen LogP contribution is 2.37. The van der Waals surface area contributed by atoms with E-state index < -0.39 is 0 Å². The number of halogens is 1. The molecule has 1 unspecified atom stereocenters. The molecule has 3 heterocycles. The molecule has 0 saturated heterocycles. The van der Waals surface area contributed by atoms with Crippen molar-refractivity contribution in [2.75, 3.05) is 6.79 Å². The molecule has 2 aliphatic heterocycles. The number of para-hydroxylation sites is 1. The van der Waals surface area contributed by atoms with Crippen molar-refractivity contribution in [3.63, 3.8) is 0 Å². The number of H-pyrrole nitrogens is 1. The number of aromatic amines is 1. The van der Waals surface area contributed by atoms with Gasteiger partial charge < -0.3 is 19.8 Å². The number of pyridine rings is 1. The number of fused-ring (bicyclic) bond motifs is 3. The summed E-state index contributed by atoms with van der Waals surface area (Å²) in [6.07, 6.45) is 0. The number of rotatable bonds is 1. The molecule has 5 rings (SSSR count). The van der Waals surface area contributed by atoms with Gasteiger partial charge in [0.25, 0.3) is 0 Å². The third kappa shape index (κ3) is 2.09. The van der Waals surface area contributed by atoms with Crippen molar-refractivity contribution in [3.8, 4) is 11.5 Å². The van der Waals surface area contributed by atoms with E-state index in [1.807, 2.05) is 42.5 Å². The standard InChI is InChI=1S/C18H14N2O3.ClH/c21-18-11-3-1-2-4-13(11)20-17-12(18)8-19-16(17)10-5-6-14-15(7-10)23-9-22-14;/h1-7,16,19H,8-9H2,(H,20,21);1H. The van der Waals surface area contributed by atoms with Crippen LogP contribution in [-0.4, -0.2) is 11.8 Å². The molecule has 0 bridgehead atoms. The molecule has 6 heteroatoms. The topological polar surface area (TPSA) is 63.4 Å². The molecule has 122 valence electrons. The van der Waals surface area contributed by atoms with Gasteiger partial charge in [0.15, 0.2) is 16.9 Å². The summed E-state index contributed by atoms with van der Waals surface area (Å²) in [5.74, 6) is 1.51. The first-order valence-electron chi connectivity index (χ1n) is 7.58. The van der Waals surface area contributed by atoms with Crippen molar-refractivity contribution in [1.29, 1.82) is 0 Å². The Morgan fingerprint density at radius 2 is 1.88 bits per heavy atom. The molecule has 1 aromatic heterocycles. The number of ether oxygens (including phenoxy) is 2. The molecular weight excluding hydrogens is 328 g/mol. The molecular formula is C18H15ClN2O3. The second kappa shape index (κ2) is 5.54. The van der Waals surface area contributed by atoms with Crippen LogP contribution in [0.2, 0.25) is 0 Å². The van der Waals surface area contributed by atoms with Crippen LogP contribution in [0.3, 0.4) is 0 Å². The molecule has 2 aromatic carbocycles. The molecule has 0 radical (unpaired) electrons. The SMILES string of the molecule is Cl.O=c1c2c([nH]c3ccccc13)C(c1ccc3c(c1)OCO3)NC2. The molecule has 3 aromatic rings. The quantitative estimate of drug-likeness (QED) is 0.714. The van der Waals surface area contributed by atoms with Gasteiger partial charge in [0.1, 0.15) is 0 Å². The Morgan fingerprint density at radius 1 is 1.04 bits per heavy atom. The number of benzene rings is 2. The summed E-state index contributed by atoms with van der Waals surface area (Å²) in [6.45, 7) is 0.823. The summed E-state index contributed by atoms with van der Waals surface area (Å²) in [7, 11) is 0. The fourth-order valence-electron chi connectivity index (χ4n) is 3.40. The zero-order chi connectivity index (χ0) is 15.4. The largest absolute Gasteiger partial charge is 0.454 e. The average molecular weight is 343 g/mol. The van der Waals surface area contributed by atoms with Gasteiger partial charge in [-0.05, 0) is 29.8 Å². The predicted octanol–water partition coefficient (Wildman–Crippen LogP) is 2.87. The second-order valence-corrected chi connectivity index (χ2v) is 5.82. The Hall–Kier alpha value is -2.50. The summed E-state index contributed by atoms with van der Waals surface area (Å²) in [5, 5.41) is 4.15. The number of hydrogen-bond donors (Lipinski definition) is 2. The van der Waals surface area contributed by atoms with E-state index in [0.29, 0.717) is 6.54 Å². The van der Waals surface area contributed by atoms with E-state index in [0.717, 1.165) is 39.2 Å². The molecule has 0 amide bonds. The molecule has 0 aliphatic carbocycles. The van der Waals surface area contributed by atoms with Gasteiger partial charge in [-0.2, -0.15) is 0 Å². The van der Waals surface area contributed by atoms with E-state index in [4.69, 9.17) is 9.47 Å². The van der Waals surface area contributed by atoms with Gasteiger partial charge in [-0.25, -0.2) is 0 Å². The average Bonchev–Trinajstić information content (AvgIpc) is 3.21. The first kappa shape index (κ1) is 15.1. The summed E-state index contributed by atoms with van der Waals surface area (Å²) in [6, 6.07) is 13.5. The van der Waals surface area contributed by atoms with Gasteiger partial charge >= 0.3 is 0 Å². The van der Waals surface area contributed by atoms with Crippen LogP contribution in [0, 0.1) is 0 Å². The van der Waals surface area contributed by atoms with Crippen LogP contribution >= 0.6 is 12.4 Å². The van der Waals surface area contributed by atoms with Gasteiger partial charge in [0.2, 0.25) is 6.79 Å². The van der Waals surface area contributed by atoms with Crippen molar-refractivity contribution in [2.45, 2.75) is 12.6 Å². The van der Waals surface area contributed by atoms with Crippen LogP contribution in [0.1, 0.15) is 22.9 Å². The Morgan fingerprint density at radius 3 is 2.79 bits per heavy atom. The molecule has 0 saturated carbocycles. The summed E-state index contributed by atoms with van der Waals surface area (Å²) < 4.78 is 10.8. The summed E-state index contributed by atoms with van der Waals surface area (Å²) >= 11 is 0. The molecule has 2 N–H and O–H groups in total. The molecule has 0 fully saturated rings. The number of nitrogens with one attached hydrogen (secondary N) is 2. The lowest BCUT2D eigenvalue weighted by molar-refractivity contribution is 0.174. The van der Waals surface area contributed by atoms with Gasteiger partial charge in [-0.15, -0.1) is 12.4 Å². The first-order valence-corrected chi connectivity index (χ1v) is 7.58. The zero-order valence-electron chi connectivity index (χ0n) is 12.7. The molecule has 2 aliphatic rings. The van der Waals surface area contributed by atoms with Crippen molar-refractivity contribution in [2.24, 2.45) is 0 Å². The van der Waals surface area contributed by atoms with Crippen LogP contribution in [0.15, 0.2) is 47.3 Å². The van der Waals surface area contributed by atoms with Crippen LogP contribution in [0.25, 0.3) is 10.9 Å². The van der Waals surface area contributed by atoms with Gasteiger partial charge in [0, 0.05) is 28.7 Å². The normalized spacial score (nSPS) is 17.6. The maximum atomic E-state index is 12.7. The molecule has 5 nitrogen and oxygen atoms in total. The zero-order valence-corrected chi connectivity index (χ0v) is 13.5. The van der Waals surface area contributed by atoms with Gasteiger partial charge in [-0.3, -0.25) is 4.79 Å². The maximum absolute atomic E-state index is 12.7. The van der Waals surface area contributed by atoms with Gasteiger partial charge in [0.05, 0.1) is 6.04 Å². The third-order valence-electron chi connectivity index (χ3n) is 4.54. The minimum absolute atomic E-state index is 0. The highest BCUT2D eigenvalue weighted by Gasteiger charge is 2.28. The molecule has 1 atom stereocenters. The monoisotopic (exact) mass is 342 g/mol. The van der Waals surface area contributed by atoms with Crippen molar-refractivity contribution >= 4 is 23.3 Å². The third-order valence-corrected chi connectivity index (χ3v) is 4.54. The predicted molar refractivity (Wildman–Crippen MR) is 93.1 cm³/mol. The second-order valence-electron chi connectivity index (χ2n) is 5.82. The Labute approximate surface area is 144 Å². The van der Waals surface area contributed by atoms with E-state index in [1.165, 1.54) is 0 Å². The van der Waals surface area contributed by atoms with Crippen LogP contribution in [0.4, 0.5) is 0 Å². The van der Waals surface area contributed by atoms with E-state index in [-0.39, 0.29) is 30.7 Å². The minimum atomic E-state index is -0.0446. The minimum Gasteiger partial charge on any atom is -0.454 e. The van der Waals surface area contributed by atoms with E-state index in [1.54, 1.807) is 0 Å². The molecule has 0 spiro atoms. The van der Waals surface area contributed by atoms with Gasteiger partial charge in [-0.1, -0.05) is 18.2 Å². The summed E-state index contributed by atoms with van der Waals surface area (Å²) in [5.41, 5.74) is 3.77. The fourth-order valence-corrected chi connectivity index (χ4v) is 3.40. The van der Waals surface area contributed by atoms with E-state index in [9.17, 15) is 4.79 Å². The highest BCUT2D eigenvalue weighted by atomic mass is 35.5. The number of hydrogen-bond acceptors (Lipinski definition) is 4. The van der Waals surface area contributed by atoms with Crippen molar-refractivity contribution in [1.82, 2.24) is 10.3 Å². The maximum Gasteiger partial charge on any atom is 0.231 e. The lowest BCUT2D eigenvalue weighted by Crippen LogP contribution is -2.14. The first-order chi connectivity index (χ1) is 11.3. The Bertz CT molecular complexity index is 999. The Balaban J connectivity index is 0.00000146. The Kier molecular flexibility index (Phi) is 3.48. The van der Waals surface area contributed by atoms with Crippen LogP contribution in [0.5, 0.6) is 11.5 Å². The lowest BCUT2D eigenvalue weighted by atomic mass is 10.0. The van der Waals surface area contributed by atoms with Crippen molar-refractivity contribution in [3.05, 3.63) is 69.5 Å². The van der Waals surface area contributed by atoms with E-state index in [2.05, 4.69) is 10.3 Å². The highest BCUT2D eigenvalue weighted by molar-refractivity contribution is 5.85. The van der Waals surface area contributed by atoms with Crippen LogP contribution < -0.4 is 20.2 Å². The fraction of sp³-hybridized carbons (Fsp3) is 0.167. The van der Waals surface area contributed by atoms with E-state index >= 15 is 0 Å².